The average Bonchev–Trinajstić information content (AvgIpc) is 2.82. The van der Waals surface area contributed by atoms with Gasteiger partial charge in [0.05, 0.1) is 0 Å². The van der Waals surface area contributed by atoms with Gasteiger partial charge in [0, 0.05) is 19.0 Å². The molecule has 18 heavy (non-hydrogen) atoms. The highest BCUT2D eigenvalue weighted by atomic mass is 35.5. The van der Waals surface area contributed by atoms with Crippen LogP contribution in [0.4, 0.5) is 0 Å². The van der Waals surface area contributed by atoms with E-state index in [-0.39, 0.29) is 12.4 Å². The number of nitrogens with one attached hydrogen (secondary N) is 1. The van der Waals surface area contributed by atoms with Crippen molar-refractivity contribution in [2.24, 2.45) is 11.8 Å². The van der Waals surface area contributed by atoms with Gasteiger partial charge >= 0.3 is 0 Å². The molecule has 1 amide bonds. The summed E-state index contributed by atoms with van der Waals surface area (Å²) in [4.78, 5) is 14.3. The molecule has 1 N–H and O–H groups in total. The Morgan fingerprint density at radius 2 is 2.06 bits per heavy atom. The Morgan fingerprint density at radius 1 is 1.28 bits per heavy atom. The number of rotatable bonds is 3. The Morgan fingerprint density at radius 3 is 2.72 bits per heavy atom. The van der Waals surface area contributed by atoms with Gasteiger partial charge in [0.25, 0.3) is 0 Å². The van der Waals surface area contributed by atoms with Gasteiger partial charge in [-0.25, -0.2) is 0 Å². The third-order valence-corrected chi connectivity index (χ3v) is 4.37. The van der Waals surface area contributed by atoms with Gasteiger partial charge in [-0.15, -0.1) is 12.4 Å². The molecule has 3 nitrogen and oxygen atoms in total. The van der Waals surface area contributed by atoms with Crippen molar-refractivity contribution in [1.82, 2.24) is 10.2 Å². The van der Waals surface area contributed by atoms with Crippen LogP contribution < -0.4 is 5.32 Å². The number of hydrogen-bond donors (Lipinski definition) is 1. The predicted molar refractivity (Wildman–Crippen MR) is 77.0 cm³/mol. The fraction of sp³-hybridized carbons (Fsp3) is 0.929. The summed E-state index contributed by atoms with van der Waals surface area (Å²) in [6.45, 7) is 7.67. The summed E-state index contributed by atoms with van der Waals surface area (Å²) in [5, 5.41) is 3.37. The molecule has 2 rings (SSSR count). The molecular weight excluding hydrogens is 248 g/mol. The molecule has 0 aromatic rings. The molecule has 2 aliphatic rings. The molecule has 106 valence electrons. The van der Waals surface area contributed by atoms with E-state index in [2.05, 4.69) is 24.1 Å². The Balaban J connectivity index is 0.00000162. The lowest BCUT2D eigenvalue weighted by Crippen LogP contribution is -2.45. The molecule has 2 saturated heterocycles. The highest BCUT2D eigenvalue weighted by molar-refractivity contribution is 5.85. The first-order valence-corrected chi connectivity index (χ1v) is 7.17. The number of amides is 1. The van der Waals surface area contributed by atoms with E-state index in [1.165, 1.54) is 19.3 Å². The van der Waals surface area contributed by atoms with Crippen molar-refractivity contribution in [3.8, 4) is 0 Å². The summed E-state index contributed by atoms with van der Waals surface area (Å²) in [7, 11) is 0. The summed E-state index contributed by atoms with van der Waals surface area (Å²) < 4.78 is 0. The zero-order valence-electron chi connectivity index (χ0n) is 11.7. The molecule has 2 fully saturated rings. The lowest BCUT2D eigenvalue weighted by Gasteiger charge is -2.37. The molecule has 0 spiro atoms. The normalized spacial score (nSPS) is 32.1. The third kappa shape index (κ3) is 4.13. The van der Waals surface area contributed by atoms with Crippen LogP contribution in [0.5, 0.6) is 0 Å². The lowest BCUT2D eigenvalue weighted by molar-refractivity contribution is -0.135. The first kappa shape index (κ1) is 15.8. The summed E-state index contributed by atoms with van der Waals surface area (Å²) in [5.74, 6) is 1.80. The summed E-state index contributed by atoms with van der Waals surface area (Å²) in [6.07, 6.45) is 5.53. The SMILES string of the molecule is CC1CCC(C)N(C(=O)CCC2CCNC2)C1.Cl. The van der Waals surface area contributed by atoms with Crippen LogP contribution in [0.15, 0.2) is 0 Å². The number of carbonyl (C=O) groups is 1. The van der Waals surface area contributed by atoms with Crippen molar-refractivity contribution < 1.29 is 4.79 Å². The van der Waals surface area contributed by atoms with E-state index in [9.17, 15) is 4.79 Å². The van der Waals surface area contributed by atoms with Crippen molar-refractivity contribution >= 4 is 18.3 Å². The Kier molecular flexibility index (Phi) is 6.44. The number of carbonyl (C=O) groups excluding carboxylic acids is 1. The molecule has 2 aliphatic heterocycles. The minimum Gasteiger partial charge on any atom is -0.340 e. The highest BCUT2D eigenvalue weighted by Gasteiger charge is 2.27. The zero-order chi connectivity index (χ0) is 12.3. The van der Waals surface area contributed by atoms with E-state index in [1.807, 2.05) is 0 Å². The van der Waals surface area contributed by atoms with Crippen LogP contribution in [-0.2, 0) is 4.79 Å². The minimum atomic E-state index is 0. The van der Waals surface area contributed by atoms with Gasteiger partial charge < -0.3 is 10.2 Å². The second-order valence-electron chi connectivity index (χ2n) is 5.98. The Hall–Kier alpha value is -0.280. The van der Waals surface area contributed by atoms with Crippen LogP contribution in [0.1, 0.15) is 46.0 Å². The predicted octanol–water partition coefficient (Wildman–Crippen LogP) is 2.44. The smallest absolute Gasteiger partial charge is 0.222 e. The van der Waals surface area contributed by atoms with Crippen LogP contribution in [0, 0.1) is 11.8 Å². The number of piperidine rings is 1. The van der Waals surface area contributed by atoms with Gasteiger partial charge in [-0.1, -0.05) is 6.92 Å². The van der Waals surface area contributed by atoms with E-state index < -0.39 is 0 Å². The third-order valence-electron chi connectivity index (χ3n) is 4.37. The fourth-order valence-electron chi connectivity index (χ4n) is 3.07. The highest BCUT2D eigenvalue weighted by Crippen LogP contribution is 2.23. The summed E-state index contributed by atoms with van der Waals surface area (Å²) in [6, 6.07) is 0.459. The molecule has 0 aliphatic carbocycles. The molecule has 0 saturated carbocycles. The monoisotopic (exact) mass is 274 g/mol. The number of nitrogens with zero attached hydrogens (tertiary/aromatic N) is 1. The van der Waals surface area contributed by atoms with Crippen LogP contribution >= 0.6 is 12.4 Å². The number of halogens is 1. The maximum atomic E-state index is 12.2. The molecular formula is C14H27ClN2O. The Labute approximate surface area is 117 Å². The van der Waals surface area contributed by atoms with E-state index in [1.54, 1.807) is 0 Å². The molecule has 3 unspecified atom stereocenters. The lowest BCUT2D eigenvalue weighted by atomic mass is 9.94. The van der Waals surface area contributed by atoms with E-state index >= 15 is 0 Å². The average molecular weight is 275 g/mol. The fourth-order valence-corrected chi connectivity index (χ4v) is 3.07. The van der Waals surface area contributed by atoms with Gasteiger partial charge in [0.1, 0.15) is 0 Å². The molecule has 0 aromatic carbocycles. The van der Waals surface area contributed by atoms with E-state index in [0.29, 0.717) is 17.9 Å². The zero-order valence-corrected chi connectivity index (χ0v) is 12.5. The van der Waals surface area contributed by atoms with Crippen LogP contribution in [0.25, 0.3) is 0 Å². The van der Waals surface area contributed by atoms with Crippen LogP contribution in [0.2, 0.25) is 0 Å². The summed E-state index contributed by atoms with van der Waals surface area (Å²) >= 11 is 0. The maximum absolute atomic E-state index is 12.2. The van der Waals surface area contributed by atoms with Crippen molar-refractivity contribution in [2.75, 3.05) is 19.6 Å². The molecule has 4 heteroatoms. The van der Waals surface area contributed by atoms with Crippen LogP contribution in [-0.4, -0.2) is 36.5 Å². The van der Waals surface area contributed by atoms with Crippen molar-refractivity contribution in [3.63, 3.8) is 0 Å². The van der Waals surface area contributed by atoms with Gasteiger partial charge in [0.15, 0.2) is 0 Å². The van der Waals surface area contributed by atoms with Gasteiger partial charge in [-0.2, -0.15) is 0 Å². The van der Waals surface area contributed by atoms with Gasteiger partial charge in [0.2, 0.25) is 5.91 Å². The van der Waals surface area contributed by atoms with Gasteiger partial charge in [-0.3, -0.25) is 4.79 Å². The van der Waals surface area contributed by atoms with E-state index in [0.717, 1.165) is 38.4 Å². The molecule has 0 aromatic heterocycles. The minimum absolute atomic E-state index is 0. The van der Waals surface area contributed by atoms with Crippen molar-refractivity contribution in [2.45, 2.75) is 52.0 Å². The van der Waals surface area contributed by atoms with Gasteiger partial charge in [-0.05, 0) is 57.5 Å². The quantitative estimate of drug-likeness (QED) is 0.857. The first-order chi connectivity index (χ1) is 8.16. The molecule has 0 radical (unpaired) electrons. The topological polar surface area (TPSA) is 32.3 Å². The number of hydrogen-bond acceptors (Lipinski definition) is 2. The maximum Gasteiger partial charge on any atom is 0.222 e. The summed E-state index contributed by atoms with van der Waals surface area (Å²) in [5.41, 5.74) is 0. The largest absolute Gasteiger partial charge is 0.340 e. The standard InChI is InChI=1S/C14H26N2O.ClH/c1-11-3-4-12(2)16(10-11)14(17)6-5-13-7-8-15-9-13;/h11-13,15H,3-10H2,1-2H3;1H. The molecule has 0 bridgehead atoms. The van der Waals surface area contributed by atoms with Crippen LogP contribution in [0.3, 0.4) is 0 Å². The molecule has 3 atom stereocenters. The Bertz CT molecular complexity index is 267. The second-order valence-corrected chi connectivity index (χ2v) is 5.98. The molecule has 2 heterocycles. The first-order valence-electron chi connectivity index (χ1n) is 7.17. The number of likely N-dealkylation sites (tertiary alicyclic amines) is 1. The van der Waals surface area contributed by atoms with Crippen molar-refractivity contribution in [3.05, 3.63) is 0 Å². The second kappa shape index (κ2) is 7.34. The van der Waals surface area contributed by atoms with Crippen molar-refractivity contribution in [1.29, 1.82) is 0 Å². The van der Waals surface area contributed by atoms with E-state index in [4.69, 9.17) is 0 Å².